The number of phenols is 1. The van der Waals surface area contributed by atoms with Crippen LogP contribution in [0, 0.1) is 0 Å². The number of hydrogen-bond donors (Lipinski definition) is 2. The topological polar surface area (TPSA) is 76.4 Å². The second kappa shape index (κ2) is 6.73. The molecule has 0 saturated carbocycles. The first kappa shape index (κ1) is 16.9. The van der Waals surface area contributed by atoms with Crippen LogP contribution >= 0.6 is 0 Å². The van der Waals surface area contributed by atoms with Crippen LogP contribution in [-0.2, 0) is 11.3 Å². The third kappa shape index (κ3) is 5.02. The van der Waals surface area contributed by atoms with Gasteiger partial charge in [-0.15, -0.1) is 0 Å². The molecular formula is C17H23N3O3. The number of nitrogens with zero attached hydrogens (tertiary/aromatic N) is 2. The maximum absolute atomic E-state index is 11.9. The Labute approximate surface area is 136 Å². The number of amides is 1. The number of phenolic OH excluding ortho intramolecular Hbond substituents is 1. The lowest BCUT2D eigenvalue weighted by Gasteiger charge is -2.22. The summed E-state index contributed by atoms with van der Waals surface area (Å²) in [7, 11) is 0. The molecule has 0 bridgehead atoms. The van der Waals surface area contributed by atoms with Gasteiger partial charge >= 0.3 is 6.09 Å². The Hall–Kier alpha value is -2.50. The molecule has 0 aliphatic heterocycles. The SMILES string of the molecule is C[C@H](NC(=O)OC(C)(C)C)c1cncn1Cc1ccc(O)cc1. The van der Waals surface area contributed by atoms with E-state index in [2.05, 4.69) is 10.3 Å². The third-order valence-electron chi connectivity index (χ3n) is 3.21. The Balaban J connectivity index is 2.05. The minimum atomic E-state index is -0.532. The van der Waals surface area contributed by atoms with Crippen molar-refractivity contribution in [3.8, 4) is 5.75 Å². The van der Waals surface area contributed by atoms with Crippen molar-refractivity contribution < 1.29 is 14.6 Å². The Morgan fingerprint density at radius 1 is 1.35 bits per heavy atom. The van der Waals surface area contributed by atoms with Crippen LogP contribution in [0.3, 0.4) is 0 Å². The first-order valence-electron chi connectivity index (χ1n) is 7.52. The summed E-state index contributed by atoms with van der Waals surface area (Å²) < 4.78 is 7.22. The normalized spacial score (nSPS) is 12.7. The third-order valence-corrected chi connectivity index (χ3v) is 3.21. The minimum absolute atomic E-state index is 0.232. The maximum Gasteiger partial charge on any atom is 0.408 e. The van der Waals surface area contributed by atoms with Crippen molar-refractivity contribution in [1.29, 1.82) is 0 Å². The van der Waals surface area contributed by atoms with Crippen LogP contribution < -0.4 is 5.32 Å². The molecule has 1 atom stereocenters. The highest BCUT2D eigenvalue weighted by Crippen LogP contribution is 2.17. The molecule has 1 amide bonds. The van der Waals surface area contributed by atoms with Crippen LogP contribution in [0.25, 0.3) is 0 Å². The number of ether oxygens (including phenoxy) is 1. The van der Waals surface area contributed by atoms with Crippen LogP contribution in [0.5, 0.6) is 5.75 Å². The summed E-state index contributed by atoms with van der Waals surface area (Å²) in [5.74, 6) is 0.236. The van der Waals surface area contributed by atoms with Gasteiger partial charge < -0.3 is 19.7 Å². The zero-order chi connectivity index (χ0) is 17.0. The minimum Gasteiger partial charge on any atom is -0.508 e. The number of benzene rings is 1. The molecule has 2 aromatic rings. The van der Waals surface area contributed by atoms with Gasteiger partial charge in [0.25, 0.3) is 0 Å². The van der Waals surface area contributed by atoms with E-state index in [9.17, 15) is 9.90 Å². The van der Waals surface area contributed by atoms with E-state index in [0.717, 1.165) is 11.3 Å². The summed E-state index contributed by atoms with van der Waals surface area (Å²) in [5, 5.41) is 12.1. The molecule has 1 aromatic carbocycles. The zero-order valence-electron chi connectivity index (χ0n) is 13.9. The molecule has 0 aliphatic rings. The molecular weight excluding hydrogens is 294 g/mol. The molecule has 0 fully saturated rings. The molecule has 2 N–H and O–H groups in total. The van der Waals surface area contributed by atoms with E-state index >= 15 is 0 Å². The lowest BCUT2D eigenvalue weighted by molar-refractivity contribution is 0.0506. The van der Waals surface area contributed by atoms with Crippen LogP contribution in [0.4, 0.5) is 4.79 Å². The molecule has 1 heterocycles. The monoisotopic (exact) mass is 317 g/mol. The largest absolute Gasteiger partial charge is 0.508 e. The quantitative estimate of drug-likeness (QED) is 0.907. The molecule has 124 valence electrons. The number of carbonyl (C=O) groups is 1. The molecule has 23 heavy (non-hydrogen) atoms. The summed E-state index contributed by atoms with van der Waals surface area (Å²) >= 11 is 0. The maximum atomic E-state index is 11.9. The van der Waals surface area contributed by atoms with E-state index in [1.807, 2.05) is 44.4 Å². The van der Waals surface area contributed by atoms with E-state index in [-0.39, 0.29) is 11.8 Å². The number of imidazole rings is 1. The first-order valence-corrected chi connectivity index (χ1v) is 7.52. The molecule has 6 heteroatoms. The fourth-order valence-electron chi connectivity index (χ4n) is 2.18. The number of aromatic nitrogens is 2. The lowest BCUT2D eigenvalue weighted by atomic mass is 10.2. The molecule has 2 rings (SSSR count). The number of hydrogen-bond acceptors (Lipinski definition) is 4. The van der Waals surface area contributed by atoms with Crippen molar-refractivity contribution >= 4 is 6.09 Å². The zero-order valence-corrected chi connectivity index (χ0v) is 13.9. The van der Waals surface area contributed by atoms with Crippen LogP contribution in [-0.4, -0.2) is 26.4 Å². The first-order chi connectivity index (χ1) is 10.7. The van der Waals surface area contributed by atoms with Crippen molar-refractivity contribution in [2.75, 3.05) is 0 Å². The average molecular weight is 317 g/mol. The highest BCUT2D eigenvalue weighted by atomic mass is 16.6. The fourth-order valence-corrected chi connectivity index (χ4v) is 2.18. The van der Waals surface area contributed by atoms with Crippen molar-refractivity contribution in [1.82, 2.24) is 14.9 Å². The molecule has 0 spiro atoms. The van der Waals surface area contributed by atoms with Gasteiger partial charge in [0.15, 0.2) is 0 Å². The Morgan fingerprint density at radius 2 is 2.00 bits per heavy atom. The van der Waals surface area contributed by atoms with Gasteiger partial charge in [0, 0.05) is 6.54 Å². The van der Waals surface area contributed by atoms with Gasteiger partial charge in [-0.25, -0.2) is 9.78 Å². The highest BCUT2D eigenvalue weighted by Gasteiger charge is 2.19. The van der Waals surface area contributed by atoms with Gasteiger partial charge in [0.1, 0.15) is 11.4 Å². The van der Waals surface area contributed by atoms with E-state index < -0.39 is 11.7 Å². The summed E-state index contributed by atoms with van der Waals surface area (Å²) in [6.07, 6.45) is 2.99. The van der Waals surface area contributed by atoms with Gasteiger partial charge in [-0.3, -0.25) is 0 Å². The van der Waals surface area contributed by atoms with Gasteiger partial charge in [0.05, 0.1) is 24.3 Å². The van der Waals surface area contributed by atoms with Gasteiger partial charge in [-0.1, -0.05) is 12.1 Å². The van der Waals surface area contributed by atoms with E-state index in [1.54, 1.807) is 24.7 Å². The number of rotatable bonds is 4. The Kier molecular flexibility index (Phi) is 4.93. The molecule has 0 radical (unpaired) electrons. The number of nitrogens with one attached hydrogen (secondary N) is 1. The predicted octanol–water partition coefficient (Wildman–Crippen LogP) is 3.22. The second-order valence-corrected chi connectivity index (χ2v) is 6.48. The van der Waals surface area contributed by atoms with Gasteiger partial charge in [0.2, 0.25) is 0 Å². The van der Waals surface area contributed by atoms with Crippen LogP contribution in [0.15, 0.2) is 36.8 Å². The molecule has 6 nitrogen and oxygen atoms in total. The van der Waals surface area contributed by atoms with Gasteiger partial charge in [-0.2, -0.15) is 0 Å². The summed E-state index contributed by atoms with van der Waals surface area (Å²) in [6.45, 7) is 7.97. The summed E-state index contributed by atoms with van der Waals surface area (Å²) in [5.41, 5.74) is 1.38. The fraction of sp³-hybridized carbons (Fsp3) is 0.412. The Bertz CT molecular complexity index is 656. The molecule has 0 aliphatic carbocycles. The standard InChI is InChI=1S/C17H23N3O3/c1-12(19-16(22)23-17(2,3)4)15-9-18-11-20(15)10-13-5-7-14(21)8-6-13/h5-9,11-12,21H,10H2,1-4H3,(H,19,22)/t12-/m0/s1. The Morgan fingerprint density at radius 3 is 2.61 bits per heavy atom. The number of alkyl carbamates (subject to hydrolysis) is 1. The average Bonchev–Trinajstić information content (AvgIpc) is 2.87. The lowest BCUT2D eigenvalue weighted by Crippen LogP contribution is -2.34. The predicted molar refractivity (Wildman–Crippen MR) is 87.2 cm³/mol. The summed E-state index contributed by atoms with van der Waals surface area (Å²) in [4.78, 5) is 16.0. The van der Waals surface area contributed by atoms with E-state index in [4.69, 9.17) is 4.74 Å². The van der Waals surface area contributed by atoms with Crippen LogP contribution in [0.2, 0.25) is 0 Å². The molecule has 0 unspecified atom stereocenters. The smallest absolute Gasteiger partial charge is 0.408 e. The molecule has 0 saturated heterocycles. The highest BCUT2D eigenvalue weighted by molar-refractivity contribution is 5.68. The van der Waals surface area contributed by atoms with Crippen molar-refractivity contribution in [3.05, 3.63) is 48.0 Å². The molecule has 1 aromatic heterocycles. The van der Waals surface area contributed by atoms with Crippen molar-refractivity contribution in [2.45, 2.75) is 45.9 Å². The summed E-state index contributed by atoms with van der Waals surface area (Å²) in [6, 6.07) is 6.77. The van der Waals surface area contributed by atoms with E-state index in [1.165, 1.54) is 0 Å². The second-order valence-electron chi connectivity index (χ2n) is 6.48. The van der Waals surface area contributed by atoms with E-state index in [0.29, 0.717) is 6.54 Å². The van der Waals surface area contributed by atoms with Crippen molar-refractivity contribution in [2.24, 2.45) is 0 Å². The number of carbonyl (C=O) groups excluding carboxylic acids is 1. The van der Waals surface area contributed by atoms with Crippen LogP contribution in [0.1, 0.15) is 45.0 Å². The van der Waals surface area contributed by atoms with Gasteiger partial charge in [-0.05, 0) is 45.4 Å². The van der Waals surface area contributed by atoms with Crippen molar-refractivity contribution in [3.63, 3.8) is 0 Å². The number of aromatic hydroxyl groups is 1.